The molecule has 1 atom stereocenters. The van der Waals surface area contributed by atoms with Gasteiger partial charge in [-0.3, -0.25) is 4.79 Å². The topological polar surface area (TPSA) is 70.9 Å². The first-order valence-corrected chi connectivity index (χ1v) is 9.61. The second-order valence-corrected chi connectivity index (χ2v) is 7.37. The number of amides is 1. The van der Waals surface area contributed by atoms with Crippen LogP contribution in [-0.2, 0) is 12.8 Å². The van der Waals surface area contributed by atoms with Crippen LogP contribution >= 0.6 is 0 Å². The molecule has 0 fully saturated rings. The minimum absolute atomic E-state index is 0.0946. The number of nitrogens with one attached hydrogen (secondary N) is 2. The molecule has 0 aliphatic heterocycles. The summed E-state index contributed by atoms with van der Waals surface area (Å²) in [5.41, 5.74) is 5.78. The van der Waals surface area contributed by atoms with Crippen molar-refractivity contribution in [2.45, 2.75) is 32.2 Å². The van der Waals surface area contributed by atoms with Gasteiger partial charge >= 0.3 is 0 Å². The fraction of sp³-hybridized carbons (Fsp3) is 0.217. The molecule has 0 bridgehead atoms. The Bertz CT molecular complexity index is 1160. The summed E-state index contributed by atoms with van der Waals surface area (Å²) in [6.07, 6.45) is 2.68. The van der Waals surface area contributed by atoms with Gasteiger partial charge in [-0.1, -0.05) is 53.7 Å². The van der Waals surface area contributed by atoms with Crippen LogP contribution in [0, 0.1) is 6.92 Å². The Hall–Kier alpha value is -3.34. The molecule has 140 valence electrons. The normalized spacial score (nSPS) is 16.1. The van der Waals surface area contributed by atoms with Crippen molar-refractivity contribution in [1.29, 1.82) is 0 Å². The molecule has 2 aromatic carbocycles. The molecular formula is C23H21N3O2. The van der Waals surface area contributed by atoms with Crippen molar-refractivity contribution in [3.8, 4) is 11.3 Å². The monoisotopic (exact) mass is 371 g/mol. The highest BCUT2D eigenvalue weighted by atomic mass is 16.5. The van der Waals surface area contributed by atoms with E-state index in [4.69, 9.17) is 4.52 Å². The number of carbonyl (C=O) groups excluding carboxylic acids is 1. The predicted octanol–water partition coefficient (Wildman–Crippen LogP) is 4.42. The van der Waals surface area contributed by atoms with Gasteiger partial charge in [0.1, 0.15) is 17.0 Å². The molecule has 2 N–H and O–H groups in total. The van der Waals surface area contributed by atoms with E-state index in [1.165, 1.54) is 22.2 Å². The summed E-state index contributed by atoms with van der Waals surface area (Å²) < 4.78 is 5.35. The second-order valence-electron chi connectivity index (χ2n) is 7.37. The van der Waals surface area contributed by atoms with E-state index >= 15 is 0 Å². The minimum Gasteiger partial charge on any atom is -0.360 e. The van der Waals surface area contributed by atoms with Gasteiger partial charge in [0, 0.05) is 28.2 Å². The molecule has 0 spiro atoms. The molecule has 1 unspecified atom stereocenters. The third-order valence-corrected chi connectivity index (χ3v) is 5.57. The second kappa shape index (κ2) is 6.68. The molecule has 1 aliphatic rings. The average molecular weight is 371 g/mol. The molecule has 0 radical (unpaired) electrons. The van der Waals surface area contributed by atoms with E-state index in [1.807, 2.05) is 36.4 Å². The van der Waals surface area contributed by atoms with Crippen LogP contribution in [0.3, 0.4) is 0 Å². The highest BCUT2D eigenvalue weighted by molar-refractivity contribution is 6.01. The summed E-state index contributed by atoms with van der Waals surface area (Å²) in [7, 11) is 0. The number of hydrogen-bond acceptors (Lipinski definition) is 3. The molecule has 5 nitrogen and oxygen atoms in total. The molecular weight excluding hydrogens is 350 g/mol. The average Bonchev–Trinajstić information content (AvgIpc) is 3.29. The van der Waals surface area contributed by atoms with Crippen molar-refractivity contribution in [2.75, 3.05) is 0 Å². The SMILES string of the molecule is Cc1onc(-c2ccccc2)c1C(=O)NC1CCc2[nH]c3ccccc3c2C1. The van der Waals surface area contributed by atoms with Crippen LogP contribution < -0.4 is 5.32 Å². The Balaban J connectivity index is 1.41. The lowest BCUT2D eigenvalue weighted by atomic mass is 9.91. The third kappa shape index (κ3) is 2.80. The molecule has 1 amide bonds. The van der Waals surface area contributed by atoms with Crippen molar-refractivity contribution < 1.29 is 9.32 Å². The number of carbonyl (C=O) groups is 1. The zero-order valence-electron chi connectivity index (χ0n) is 15.7. The van der Waals surface area contributed by atoms with Gasteiger partial charge in [-0.2, -0.15) is 0 Å². The van der Waals surface area contributed by atoms with Crippen LogP contribution in [0.25, 0.3) is 22.2 Å². The van der Waals surface area contributed by atoms with E-state index in [0.29, 0.717) is 17.0 Å². The summed E-state index contributed by atoms with van der Waals surface area (Å²) in [5.74, 6) is 0.422. The Kier molecular flexibility index (Phi) is 4.01. The van der Waals surface area contributed by atoms with E-state index in [-0.39, 0.29) is 11.9 Å². The Labute approximate surface area is 162 Å². The Morgan fingerprint density at radius 3 is 2.79 bits per heavy atom. The van der Waals surface area contributed by atoms with Gasteiger partial charge in [-0.25, -0.2) is 0 Å². The van der Waals surface area contributed by atoms with Crippen molar-refractivity contribution in [3.63, 3.8) is 0 Å². The molecule has 5 rings (SSSR count). The quantitative estimate of drug-likeness (QED) is 0.560. The van der Waals surface area contributed by atoms with Crippen LogP contribution in [0.15, 0.2) is 59.1 Å². The minimum atomic E-state index is -0.120. The maximum absolute atomic E-state index is 13.1. The van der Waals surface area contributed by atoms with Crippen molar-refractivity contribution in [1.82, 2.24) is 15.5 Å². The number of aromatic nitrogens is 2. The fourth-order valence-electron chi connectivity index (χ4n) is 4.18. The standard InChI is InChI=1S/C23H21N3O2/c1-14-21(22(26-28-14)15-7-3-2-4-8-15)23(27)24-16-11-12-20-18(13-16)17-9-5-6-10-19(17)25-20/h2-10,16,25H,11-13H2,1H3,(H,24,27). The first-order chi connectivity index (χ1) is 13.7. The molecule has 2 aromatic heterocycles. The number of para-hydroxylation sites is 1. The molecule has 28 heavy (non-hydrogen) atoms. The van der Waals surface area contributed by atoms with Gasteiger partial charge in [-0.15, -0.1) is 0 Å². The van der Waals surface area contributed by atoms with Gasteiger partial charge in [0.25, 0.3) is 5.91 Å². The lowest BCUT2D eigenvalue weighted by Crippen LogP contribution is -2.39. The Morgan fingerprint density at radius 2 is 1.93 bits per heavy atom. The van der Waals surface area contributed by atoms with Crippen LogP contribution in [0.5, 0.6) is 0 Å². The van der Waals surface area contributed by atoms with Gasteiger partial charge in [0.05, 0.1) is 0 Å². The first kappa shape index (κ1) is 16.8. The third-order valence-electron chi connectivity index (χ3n) is 5.57. The number of fused-ring (bicyclic) bond motifs is 3. The van der Waals surface area contributed by atoms with E-state index in [0.717, 1.165) is 24.8 Å². The van der Waals surface area contributed by atoms with Crippen molar-refractivity contribution in [2.24, 2.45) is 0 Å². The highest BCUT2D eigenvalue weighted by Crippen LogP contribution is 2.30. The zero-order chi connectivity index (χ0) is 19.1. The molecule has 5 heteroatoms. The number of rotatable bonds is 3. The molecule has 2 heterocycles. The lowest BCUT2D eigenvalue weighted by Gasteiger charge is -2.23. The maximum Gasteiger partial charge on any atom is 0.257 e. The summed E-state index contributed by atoms with van der Waals surface area (Å²) in [4.78, 5) is 16.6. The van der Waals surface area contributed by atoms with E-state index in [2.05, 4.69) is 33.7 Å². The largest absolute Gasteiger partial charge is 0.360 e. The van der Waals surface area contributed by atoms with Gasteiger partial charge in [-0.05, 0) is 37.8 Å². The van der Waals surface area contributed by atoms with Gasteiger partial charge < -0.3 is 14.8 Å². The van der Waals surface area contributed by atoms with Crippen LogP contribution in [0.1, 0.15) is 33.8 Å². The number of H-pyrrole nitrogens is 1. The Morgan fingerprint density at radius 1 is 1.14 bits per heavy atom. The smallest absolute Gasteiger partial charge is 0.257 e. The molecule has 1 aliphatic carbocycles. The van der Waals surface area contributed by atoms with Crippen molar-refractivity contribution in [3.05, 3.63) is 77.2 Å². The molecule has 4 aromatic rings. The summed E-state index contributed by atoms with van der Waals surface area (Å²) in [6.45, 7) is 1.78. The number of hydrogen-bond donors (Lipinski definition) is 2. The van der Waals surface area contributed by atoms with E-state index in [9.17, 15) is 4.79 Å². The lowest BCUT2D eigenvalue weighted by molar-refractivity contribution is 0.0932. The number of benzene rings is 2. The summed E-state index contributed by atoms with van der Waals surface area (Å²) in [6, 6.07) is 18.1. The first-order valence-electron chi connectivity index (χ1n) is 9.61. The van der Waals surface area contributed by atoms with Crippen LogP contribution in [0.4, 0.5) is 0 Å². The number of nitrogens with zero attached hydrogens (tertiary/aromatic N) is 1. The zero-order valence-corrected chi connectivity index (χ0v) is 15.7. The predicted molar refractivity (Wildman–Crippen MR) is 108 cm³/mol. The molecule has 0 saturated heterocycles. The van der Waals surface area contributed by atoms with E-state index in [1.54, 1.807) is 6.92 Å². The highest BCUT2D eigenvalue weighted by Gasteiger charge is 2.27. The van der Waals surface area contributed by atoms with Crippen molar-refractivity contribution >= 4 is 16.8 Å². The summed E-state index contributed by atoms with van der Waals surface area (Å²) in [5, 5.41) is 8.60. The van der Waals surface area contributed by atoms with E-state index < -0.39 is 0 Å². The molecule has 0 saturated carbocycles. The van der Waals surface area contributed by atoms with Gasteiger partial charge in [0.15, 0.2) is 0 Å². The number of aryl methyl sites for hydroxylation is 2. The van der Waals surface area contributed by atoms with Crippen LogP contribution in [-0.4, -0.2) is 22.1 Å². The van der Waals surface area contributed by atoms with Crippen LogP contribution in [0.2, 0.25) is 0 Å². The maximum atomic E-state index is 13.1. The summed E-state index contributed by atoms with van der Waals surface area (Å²) >= 11 is 0. The fourth-order valence-corrected chi connectivity index (χ4v) is 4.18. The van der Waals surface area contributed by atoms with Gasteiger partial charge in [0.2, 0.25) is 0 Å². The number of aromatic amines is 1.